The van der Waals surface area contributed by atoms with Gasteiger partial charge >= 0.3 is 0 Å². The lowest BCUT2D eigenvalue weighted by Gasteiger charge is -2.31. The molecule has 17 heavy (non-hydrogen) atoms. The lowest BCUT2D eigenvalue weighted by molar-refractivity contribution is -0.132. The van der Waals surface area contributed by atoms with E-state index >= 15 is 0 Å². The average Bonchev–Trinajstić information content (AvgIpc) is 2.74. The zero-order valence-corrected chi connectivity index (χ0v) is 11.5. The van der Waals surface area contributed by atoms with E-state index in [1.807, 2.05) is 6.92 Å². The Morgan fingerprint density at radius 3 is 2.35 bits per heavy atom. The number of nitrogens with one attached hydrogen (secondary N) is 1. The molecule has 1 amide bonds. The van der Waals surface area contributed by atoms with Crippen molar-refractivity contribution in [3.05, 3.63) is 0 Å². The predicted octanol–water partition coefficient (Wildman–Crippen LogP) is 2.48. The number of carbonyl (C=O) groups excluding carboxylic acids is 1. The van der Waals surface area contributed by atoms with Gasteiger partial charge in [0.15, 0.2) is 0 Å². The molecule has 3 nitrogen and oxygen atoms in total. The number of hydrogen-bond acceptors (Lipinski definition) is 2. The molecule has 0 aliphatic heterocycles. The van der Waals surface area contributed by atoms with Crippen molar-refractivity contribution in [3.63, 3.8) is 0 Å². The van der Waals surface area contributed by atoms with Gasteiger partial charge in [0.05, 0.1) is 12.6 Å². The highest BCUT2D eigenvalue weighted by molar-refractivity contribution is 5.83. The summed E-state index contributed by atoms with van der Waals surface area (Å²) in [5, 5.41) is 12.2. The van der Waals surface area contributed by atoms with Crippen LogP contribution in [0.25, 0.3) is 0 Å². The number of carbonyl (C=O) groups is 1. The van der Waals surface area contributed by atoms with Gasteiger partial charge in [-0.25, -0.2) is 0 Å². The van der Waals surface area contributed by atoms with Gasteiger partial charge in [0.2, 0.25) is 5.91 Å². The Balaban J connectivity index is 2.66. The van der Waals surface area contributed by atoms with Crippen LogP contribution in [-0.2, 0) is 4.79 Å². The second-order valence-electron chi connectivity index (χ2n) is 5.85. The molecule has 1 aliphatic rings. The van der Waals surface area contributed by atoms with Gasteiger partial charge in [0.25, 0.3) is 0 Å². The van der Waals surface area contributed by atoms with Gasteiger partial charge in [0.1, 0.15) is 0 Å². The molecule has 1 aliphatic carbocycles. The molecule has 1 rings (SSSR count). The fraction of sp³-hybridized carbons (Fsp3) is 0.929. The topological polar surface area (TPSA) is 49.3 Å². The van der Waals surface area contributed by atoms with Crippen LogP contribution in [-0.4, -0.2) is 23.7 Å². The summed E-state index contributed by atoms with van der Waals surface area (Å²) in [5.41, 5.74) is -0.156. The molecule has 0 aromatic rings. The second kappa shape index (κ2) is 6.39. The van der Waals surface area contributed by atoms with Crippen molar-refractivity contribution < 1.29 is 9.90 Å². The predicted molar refractivity (Wildman–Crippen MR) is 69.7 cm³/mol. The highest BCUT2D eigenvalue weighted by atomic mass is 16.3. The fourth-order valence-corrected chi connectivity index (χ4v) is 2.97. The first-order valence-corrected chi connectivity index (χ1v) is 6.96. The lowest BCUT2D eigenvalue weighted by atomic mass is 9.77. The maximum absolute atomic E-state index is 12.4. The standard InChI is InChI=1S/C14H27NO2/c1-4-12(10-16)15-13(17)14(9-11(2)3)7-5-6-8-14/h11-12,16H,4-10H2,1-3H3,(H,15,17)/t12-/m1/s1. The molecule has 2 N–H and O–H groups in total. The Labute approximate surface area is 105 Å². The van der Waals surface area contributed by atoms with Crippen LogP contribution in [0.15, 0.2) is 0 Å². The monoisotopic (exact) mass is 241 g/mol. The first kappa shape index (κ1) is 14.5. The van der Waals surface area contributed by atoms with Crippen LogP contribution in [0.2, 0.25) is 0 Å². The maximum atomic E-state index is 12.4. The summed E-state index contributed by atoms with van der Waals surface area (Å²) in [6.07, 6.45) is 6.12. The van der Waals surface area contributed by atoms with Crippen molar-refractivity contribution >= 4 is 5.91 Å². The third kappa shape index (κ3) is 3.70. The van der Waals surface area contributed by atoms with Crippen molar-refractivity contribution in [1.82, 2.24) is 5.32 Å². The highest BCUT2D eigenvalue weighted by Crippen LogP contribution is 2.43. The number of aliphatic hydroxyl groups is 1. The summed E-state index contributed by atoms with van der Waals surface area (Å²) in [7, 11) is 0. The van der Waals surface area contributed by atoms with Gasteiger partial charge in [-0.1, -0.05) is 33.6 Å². The highest BCUT2D eigenvalue weighted by Gasteiger charge is 2.41. The SMILES string of the molecule is CC[C@H](CO)NC(=O)C1(CC(C)C)CCCC1. The number of rotatable bonds is 6. The zero-order chi connectivity index (χ0) is 12.9. The third-order valence-electron chi connectivity index (χ3n) is 3.89. The second-order valence-corrected chi connectivity index (χ2v) is 5.85. The molecule has 0 spiro atoms. The summed E-state index contributed by atoms with van der Waals surface area (Å²) >= 11 is 0. The van der Waals surface area contributed by atoms with Gasteiger partial charge in [-0.05, 0) is 31.6 Å². The van der Waals surface area contributed by atoms with Gasteiger partial charge < -0.3 is 10.4 Å². The van der Waals surface area contributed by atoms with Crippen LogP contribution in [0.4, 0.5) is 0 Å². The summed E-state index contributed by atoms with van der Waals surface area (Å²) in [6, 6.07) is -0.0767. The van der Waals surface area contributed by atoms with Crippen LogP contribution in [0, 0.1) is 11.3 Å². The first-order chi connectivity index (χ1) is 8.04. The van der Waals surface area contributed by atoms with Crippen molar-refractivity contribution in [3.8, 4) is 0 Å². The smallest absolute Gasteiger partial charge is 0.226 e. The van der Waals surface area contributed by atoms with Crippen molar-refractivity contribution in [2.45, 2.75) is 65.3 Å². The van der Waals surface area contributed by atoms with Crippen molar-refractivity contribution in [2.75, 3.05) is 6.61 Å². The van der Waals surface area contributed by atoms with E-state index in [9.17, 15) is 4.79 Å². The van der Waals surface area contributed by atoms with Crippen molar-refractivity contribution in [1.29, 1.82) is 0 Å². The first-order valence-electron chi connectivity index (χ1n) is 6.96. The maximum Gasteiger partial charge on any atom is 0.226 e. The number of hydrogen-bond donors (Lipinski definition) is 2. The third-order valence-corrected chi connectivity index (χ3v) is 3.89. The van der Waals surface area contributed by atoms with Gasteiger partial charge in [-0.3, -0.25) is 4.79 Å². The van der Waals surface area contributed by atoms with E-state index in [2.05, 4.69) is 19.2 Å². The van der Waals surface area contributed by atoms with E-state index in [0.717, 1.165) is 38.5 Å². The number of amides is 1. The van der Waals surface area contributed by atoms with Crippen LogP contribution < -0.4 is 5.32 Å². The van der Waals surface area contributed by atoms with E-state index in [1.54, 1.807) is 0 Å². The molecule has 0 unspecified atom stereocenters. The minimum atomic E-state index is -0.156. The van der Waals surface area contributed by atoms with Gasteiger partial charge in [0, 0.05) is 5.41 Å². The summed E-state index contributed by atoms with van der Waals surface area (Å²) in [6.45, 7) is 6.39. The Morgan fingerprint density at radius 2 is 1.94 bits per heavy atom. The summed E-state index contributed by atoms with van der Waals surface area (Å²) < 4.78 is 0. The average molecular weight is 241 g/mol. The molecule has 1 fully saturated rings. The zero-order valence-electron chi connectivity index (χ0n) is 11.5. The van der Waals surface area contributed by atoms with Crippen LogP contribution in [0.1, 0.15) is 59.3 Å². The molecule has 0 saturated heterocycles. The fourth-order valence-electron chi connectivity index (χ4n) is 2.97. The minimum absolute atomic E-state index is 0.0417. The molecule has 0 bridgehead atoms. The van der Waals surface area contributed by atoms with Crippen LogP contribution in [0.5, 0.6) is 0 Å². The van der Waals surface area contributed by atoms with Crippen LogP contribution >= 0.6 is 0 Å². The molecular formula is C14H27NO2. The van der Waals surface area contributed by atoms with Gasteiger partial charge in [-0.2, -0.15) is 0 Å². The number of aliphatic hydroxyl groups excluding tert-OH is 1. The Bertz CT molecular complexity index is 241. The molecule has 0 aromatic carbocycles. The van der Waals surface area contributed by atoms with Crippen molar-refractivity contribution in [2.24, 2.45) is 11.3 Å². The Morgan fingerprint density at radius 1 is 1.35 bits per heavy atom. The van der Waals surface area contributed by atoms with E-state index < -0.39 is 0 Å². The molecule has 0 radical (unpaired) electrons. The van der Waals surface area contributed by atoms with E-state index in [1.165, 1.54) is 0 Å². The molecule has 1 atom stereocenters. The van der Waals surface area contributed by atoms with E-state index in [0.29, 0.717) is 5.92 Å². The van der Waals surface area contributed by atoms with Gasteiger partial charge in [-0.15, -0.1) is 0 Å². The summed E-state index contributed by atoms with van der Waals surface area (Å²) in [5.74, 6) is 0.720. The molecule has 3 heteroatoms. The molecular weight excluding hydrogens is 214 g/mol. The lowest BCUT2D eigenvalue weighted by Crippen LogP contribution is -2.46. The van der Waals surface area contributed by atoms with Crippen LogP contribution in [0.3, 0.4) is 0 Å². The largest absolute Gasteiger partial charge is 0.394 e. The minimum Gasteiger partial charge on any atom is -0.394 e. The summed E-state index contributed by atoms with van der Waals surface area (Å²) in [4.78, 5) is 12.4. The molecule has 100 valence electrons. The molecule has 1 saturated carbocycles. The Hall–Kier alpha value is -0.570. The molecule has 0 aromatic heterocycles. The Kier molecular flexibility index (Phi) is 5.44. The quantitative estimate of drug-likeness (QED) is 0.750. The van der Waals surface area contributed by atoms with E-state index in [4.69, 9.17) is 5.11 Å². The molecule has 0 heterocycles. The normalized spacial score (nSPS) is 20.5. The van der Waals surface area contributed by atoms with E-state index in [-0.39, 0.29) is 24.0 Å².